The van der Waals surface area contributed by atoms with Gasteiger partial charge in [0.2, 0.25) is 0 Å². The Morgan fingerprint density at radius 2 is 1.95 bits per heavy atom. The Hall–Kier alpha value is -0.240. The fraction of sp³-hybridized carbons (Fsp3) is 1.00. The van der Waals surface area contributed by atoms with Gasteiger partial charge in [-0.05, 0) is 56.8 Å². The van der Waals surface area contributed by atoms with Crippen LogP contribution >= 0.6 is 0 Å². The molecular weight excluding hydrogens is 278 g/mol. The minimum absolute atomic E-state index is 0.144. The first-order valence-electron chi connectivity index (χ1n) is 9.17. The molecule has 0 aromatic carbocycles. The second-order valence-corrected chi connectivity index (χ2v) is 7.58. The molecule has 0 aromatic rings. The molecule has 0 spiro atoms. The van der Waals surface area contributed by atoms with Gasteiger partial charge in [-0.3, -0.25) is 20.8 Å². The van der Waals surface area contributed by atoms with Gasteiger partial charge in [0.05, 0.1) is 12.3 Å². The number of fused-ring (bicyclic) bond motifs is 1. The highest BCUT2D eigenvalue weighted by atomic mass is 16.7. The van der Waals surface area contributed by atoms with E-state index >= 15 is 0 Å². The van der Waals surface area contributed by atoms with E-state index in [9.17, 15) is 0 Å². The molecule has 6 heteroatoms. The molecule has 7 atom stereocenters. The number of hydrogen-bond acceptors (Lipinski definition) is 6. The molecule has 7 unspecified atom stereocenters. The topological polar surface area (TPSA) is 69.4 Å². The molecule has 2 heterocycles. The number of piperazine rings is 1. The molecule has 4 aliphatic rings. The summed E-state index contributed by atoms with van der Waals surface area (Å²) in [6.45, 7) is 5.30. The van der Waals surface area contributed by atoms with E-state index in [0.29, 0.717) is 18.4 Å². The maximum absolute atomic E-state index is 5.46. The summed E-state index contributed by atoms with van der Waals surface area (Å²) < 4.78 is 0. The number of nitrogens with one attached hydrogen (secondary N) is 5. The normalized spacial score (nSPS) is 49.2. The van der Waals surface area contributed by atoms with Crippen molar-refractivity contribution < 1.29 is 4.84 Å². The lowest BCUT2D eigenvalue weighted by atomic mass is 9.74. The lowest BCUT2D eigenvalue weighted by molar-refractivity contribution is 0.0226. The highest BCUT2D eigenvalue weighted by Crippen LogP contribution is 2.45. The van der Waals surface area contributed by atoms with Gasteiger partial charge in [-0.2, -0.15) is 5.48 Å². The van der Waals surface area contributed by atoms with Crippen LogP contribution in [-0.2, 0) is 4.84 Å². The second kappa shape index (κ2) is 6.71. The van der Waals surface area contributed by atoms with Crippen molar-refractivity contribution in [3.05, 3.63) is 0 Å². The van der Waals surface area contributed by atoms with Crippen molar-refractivity contribution in [3.63, 3.8) is 0 Å². The fourth-order valence-corrected chi connectivity index (χ4v) is 5.06. The van der Waals surface area contributed by atoms with Crippen molar-refractivity contribution in [2.24, 2.45) is 17.8 Å². The zero-order chi connectivity index (χ0) is 14.9. The summed E-state index contributed by atoms with van der Waals surface area (Å²) in [5.74, 6) is 2.49. The maximum atomic E-state index is 5.46. The van der Waals surface area contributed by atoms with Crippen LogP contribution < -0.4 is 26.7 Å². The van der Waals surface area contributed by atoms with Crippen molar-refractivity contribution in [1.82, 2.24) is 26.7 Å². The second-order valence-electron chi connectivity index (χ2n) is 7.58. The van der Waals surface area contributed by atoms with Crippen molar-refractivity contribution >= 4 is 0 Å². The van der Waals surface area contributed by atoms with Gasteiger partial charge < -0.3 is 5.32 Å². The molecule has 2 aliphatic carbocycles. The maximum Gasteiger partial charge on any atom is 0.128 e. The Kier molecular flexibility index (Phi) is 4.66. The zero-order valence-electron chi connectivity index (χ0n) is 13.6. The highest BCUT2D eigenvalue weighted by molar-refractivity contribution is 4.96. The van der Waals surface area contributed by atoms with Gasteiger partial charge in [-0.15, -0.1) is 0 Å². The number of hydrogen-bond donors (Lipinski definition) is 5. The molecule has 0 aromatic heterocycles. The Balaban J connectivity index is 1.30. The first kappa shape index (κ1) is 15.3. The van der Waals surface area contributed by atoms with Crippen LogP contribution in [0.25, 0.3) is 0 Å². The lowest BCUT2D eigenvalue weighted by Gasteiger charge is -2.38. The molecule has 5 N–H and O–H groups in total. The van der Waals surface area contributed by atoms with Crippen LogP contribution in [0.15, 0.2) is 0 Å². The molecular formula is C16H31N5O. The highest BCUT2D eigenvalue weighted by Gasteiger charge is 2.43. The molecule has 4 fully saturated rings. The van der Waals surface area contributed by atoms with Crippen LogP contribution in [-0.4, -0.2) is 44.2 Å². The molecule has 0 amide bonds. The van der Waals surface area contributed by atoms with Crippen LogP contribution in [0.3, 0.4) is 0 Å². The van der Waals surface area contributed by atoms with Gasteiger partial charge in [0.15, 0.2) is 0 Å². The first-order chi connectivity index (χ1) is 10.8. The van der Waals surface area contributed by atoms with Gasteiger partial charge in [-0.1, -0.05) is 0 Å². The number of hydroxylamine groups is 1. The van der Waals surface area contributed by atoms with Crippen LogP contribution in [0.2, 0.25) is 0 Å². The Labute approximate surface area is 133 Å². The molecule has 0 bridgehead atoms. The minimum Gasteiger partial charge on any atom is -0.313 e. The third kappa shape index (κ3) is 3.18. The van der Waals surface area contributed by atoms with Crippen molar-refractivity contribution in [1.29, 1.82) is 0 Å². The number of rotatable bonds is 3. The van der Waals surface area contributed by atoms with E-state index in [1.54, 1.807) is 0 Å². The lowest BCUT2D eigenvalue weighted by Crippen LogP contribution is -2.58. The first-order valence-corrected chi connectivity index (χ1v) is 9.17. The Morgan fingerprint density at radius 3 is 2.73 bits per heavy atom. The van der Waals surface area contributed by atoms with E-state index in [-0.39, 0.29) is 6.23 Å². The molecule has 2 saturated heterocycles. The van der Waals surface area contributed by atoms with Gasteiger partial charge in [0.1, 0.15) is 6.23 Å². The third-order valence-corrected chi connectivity index (χ3v) is 6.16. The molecule has 2 aliphatic heterocycles. The quantitative estimate of drug-likeness (QED) is 0.509. The summed E-state index contributed by atoms with van der Waals surface area (Å²) >= 11 is 0. The minimum atomic E-state index is 0.144. The molecule has 22 heavy (non-hydrogen) atoms. The molecule has 126 valence electrons. The van der Waals surface area contributed by atoms with E-state index in [4.69, 9.17) is 4.84 Å². The van der Waals surface area contributed by atoms with Crippen molar-refractivity contribution in [2.75, 3.05) is 19.6 Å². The van der Waals surface area contributed by atoms with E-state index in [1.807, 2.05) is 0 Å². The van der Waals surface area contributed by atoms with E-state index in [1.165, 1.54) is 32.1 Å². The van der Waals surface area contributed by atoms with Crippen LogP contribution in [0, 0.1) is 17.8 Å². The monoisotopic (exact) mass is 309 g/mol. The van der Waals surface area contributed by atoms with E-state index in [2.05, 4.69) is 33.7 Å². The zero-order valence-corrected chi connectivity index (χ0v) is 13.6. The summed E-state index contributed by atoms with van der Waals surface area (Å²) in [7, 11) is 0. The molecule has 6 nitrogen and oxygen atoms in total. The Morgan fingerprint density at radius 1 is 1.05 bits per heavy atom. The van der Waals surface area contributed by atoms with Gasteiger partial charge >= 0.3 is 0 Å². The van der Waals surface area contributed by atoms with Gasteiger partial charge in [0, 0.05) is 25.7 Å². The van der Waals surface area contributed by atoms with Gasteiger partial charge in [-0.25, -0.2) is 0 Å². The fourth-order valence-electron chi connectivity index (χ4n) is 5.06. The average molecular weight is 309 g/mol. The molecule has 0 radical (unpaired) electrons. The Bertz CT molecular complexity index is 376. The summed E-state index contributed by atoms with van der Waals surface area (Å²) in [6, 6.07) is 0.711. The summed E-state index contributed by atoms with van der Waals surface area (Å²) in [5.41, 5.74) is 3.19. The third-order valence-electron chi connectivity index (χ3n) is 6.16. The largest absolute Gasteiger partial charge is 0.313 e. The van der Waals surface area contributed by atoms with E-state index < -0.39 is 0 Å². The van der Waals surface area contributed by atoms with Crippen molar-refractivity contribution in [3.8, 4) is 0 Å². The predicted octanol–water partition coefficient (Wildman–Crippen LogP) is 0.0863. The van der Waals surface area contributed by atoms with Crippen molar-refractivity contribution in [2.45, 2.75) is 63.6 Å². The van der Waals surface area contributed by atoms with Crippen LogP contribution in [0.5, 0.6) is 0 Å². The molecule has 4 rings (SSSR count). The summed E-state index contributed by atoms with van der Waals surface area (Å²) in [4.78, 5) is 5.46. The van der Waals surface area contributed by atoms with Gasteiger partial charge in [0.25, 0.3) is 0 Å². The smallest absolute Gasteiger partial charge is 0.128 e. The van der Waals surface area contributed by atoms with Crippen LogP contribution in [0.1, 0.15) is 39.0 Å². The SMILES string of the molecule is CC1NC(C2CCC3C(CCC3NC3CNCCN3)C2)NO1. The molecule has 2 saturated carbocycles. The standard InChI is InChI=1S/C16H31N5O/c1-10-19-16(21-22-10)12-2-4-13-11(8-12)3-5-14(13)20-15-9-17-6-7-18-15/h10-21H,2-9H2,1H3. The van der Waals surface area contributed by atoms with Crippen LogP contribution in [0.4, 0.5) is 0 Å². The predicted molar refractivity (Wildman–Crippen MR) is 85.7 cm³/mol. The van der Waals surface area contributed by atoms with E-state index in [0.717, 1.165) is 37.4 Å². The average Bonchev–Trinajstić information content (AvgIpc) is 3.15. The summed E-state index contributed by atoms with van der Waals surface area (Å²) in [6.07, 6.45) is 7.72. The summed E-state index contributed by atoms with van der Waals surface area (Å²) in [5, 5.41) is 14.5.